The van der Waals surface area contributed by atoms with Crippen LogP contribution in [0.15, 0.2) is 0 Å². The van der Waals surface area contributed by atoms with E-state index < -0.39 is 180 Å². The molecule has 0 unspecified atom stereocenters. The third-order valence-electron chi connectivity index (χ3n) is 9.87. The van der Waals surface area contributed by atoms with Gasteiger partial charge in [0.25, 0.3) is 0 Å². The van der Waals surface area contributed by atoms with E-state index in [1.165, 1.54) is 0 Å². The van der Waals surface area contributed by atoms with Gasteiger partial charge in [0, 0.05) is 0 Å². The number of rotatable bonds is 14. The second-order valence-corrected chi connectivity index (χ2v) is 13.8. The molecular weight excluding hydrogens is 776 g/mol. The molecule has 0 aromatic carbocycles. The van der Waals surface area contributed by atoms with Crippen molar-refractivity contribution in [1.82, 2.24) is 0 Å². The van der Waals surface area contributed by atoms with Crippen LogP contribution in [0.5, 0.6) is 0 Å². The monoisotopic (exact) mass is 826 g/mol. The molecule has 5 rings (SSSR count). The SMILES string of the molecule is O=C(O)[C@H](O)[C@@H](O)[C@@H](CO)O[C@@H]1OC[C@@H](O[C@@H]2OC[C@@H](O[C@@H]3OC[C@@H](O[C@@H]4OC[C@@H](O[C@@H]5OC[C@@H](O)[C@H](O)[C@H]5O)[C@H](O)[C@H]4O)[C@H](O)[C@H]3O)[C@H](O)[C@H]2O)[C@H](O)[C@H]1O. The molecule has 26 nitrogen and oxygen atoms in total. The molecule has 0 aromatic heterocycles. The Balaban J connectivity index is 1.06. The third kappa shape index (κ3) is 10.1. The van der Waals surface area contributed by atoms with Crippen molar-refractivity contribution < 1.29 is 129 Å². The van der Waals surface area contributed by atoms with Gasteiger partial charge in [-0.3, -0.25) is 0 Å². The molecular formula is C30H50O26. The van der Waals surface area contributed by atoms with Crippen LogP contribution in [0.25, 0.3) is 0 Å². The van der Waals surface area contributed by atoms with Gasteiger partial charge in [-0.25, -0.2) is 4.79 Å². The Kier molecular flexibility index (Phi) is 16.1. The largest absolute Gasteiger partial charge is 0.479 e. The fourth-order valence-corrected chi connectivity index (χ4v) is 6.37. The van der Waals surface area contributed by atoms with E-state index in [1.54, 1.807) is 0 Å². The predicted molar refractivity (Wildman–Crippen MR) is 166 cm³/mol. The molecule has 5 fully saturated rings. The fraction of sp³-hybridized carbons (Fsp3) is 0.967. The van der Waals surface area contributed by atoms with Gasteiger partial charge in [0.15, 0.2) is 37.6 Å². The molecule has 5 heterocycles. The summed E-state index contributed by atoms with van der Waals surface area (Å²) in [5, 5.41) is 153. The average Bonchev–Trinajstić information content (AvgIpc) is 3.17. The number of carboxylic acid groups (broad SMARTS) is 1. The van der Waals surface area contributed by atoms with Gasteiger partial charge in [-0.05, 0) is 0 Å². The van der Waals surface area contributed by atoms with Crippen molar-refractivity contribution in [1.29, 1.82) is 0 Å². The molecule has 0 radical (unpaired) electrons. The van der Waals surface area contributed by atoms with Crippen LogP contribution in [0.2, 0.25) is 0 Å². The number of hydrogen-bond donors (Lipinski definition) is 15. The van der Waals surface area contributed by atoms with Crippen LogP contribution >= 0.6 is 0 Å². The smallest absolute Gasteiger partial charge is 0.335 e. The molecule has 5 aliphatic rings. The maximum Gasteiger partial charge on any atom is 0.335 e. The van der Waals surface area contributed by atoms with Crippen molar-refractivity contribution in [3.63, 3.8) is 0 Å². The van der Waals surface area contributed by atoms with Gasteiger partial charge in [0.05, 0.1) is 39.6 Å². The first kappa shape index (κ1) is 45.6. The molecule has 15 N–H and O–H groups in total. The van der Waals surface area contributed by atoms with E-state index >= 15 is 0 Å². The summed E-state index contributed by atoms with van der Waals surface area (Å²) in [6.45, 7) is -3.39. The molecule has 0 spiro atoms. The van der Waals surface area contributed by atoms with Crippen LogP contribution in [0.4, 0.5) is 0 Å². The lowest BCUT2D eigenvalue weighted by atomic mass is 10.0. The maximum absolute atomic E-state index is 10.9. The minimum absolute atomic E-state index is 0.377. The molecule has 0 amide bonds. The van der Waals surface area contributed by atoms with Crippen LogP contribution in [-0.2, 0) is 52.2 Å². The van der Waals surface area contributed by atoms with Crippen molar-refractivity contribution in [2.75, 3.05) is 39.6 Å². The first-order valence-corrected chi connectivity index (χ1v) is 17.5. The summed E-state index contributed by atoms with van der Waals surface area (Å²) in [6, 6.07) is 0. The van der Waals surface area contributed by atoms with Crippen LogP contribution in [-0.4, -0.2) is 264 Å². The quantitative estimate of drug-likeness (QED) is 0.0773. The Labute approximate surface area is 316 Å². The lowest BCUT2D eigenvalue weighted by Gasteiger charge is -2.45. The van der Waals surface area contributed by atoms with Crippen LogP contribution in [0.1, 0.15) is 0 Å². The molecule has 26 heteroatoms. The van der Waals surface area contributed by atoms with Gasteiger partial charge < -0.3 is 124 Å². The lowest BCUT2D eigenvalue weighted by Crippen LogP contribution is -2.63. The Morgan fingerprint density at radius 1 is 0.482 bits per heavy atom. The van der Waals surface area contributed by atoms with Crippen LogP contribution < -0.4 is 0 Å². The summed E-state index contributed by atoms with van der Waals surface area (Å²) in [5.41, 5.74) is 0. The topological polar surface area (TPSA) is 413 Å². The highest BCUT2D eigenvalue weighted by atomic mass is 16.8. The zero-order valence-corrected chi connectivity index (χ0v) is 29.2. The van der Waals surface area contributed by atoms with E-state index in [4.69, 9.17) is 52.5 Å². The minimum atomic E-state index is -2.36. The normalized spacial score (nSPS) is 48.2. The molecule has 56 heavy (non-hydrogen) atoms. The average molecular weight is 827 g/mol. The summed E-state index contributed by atoms with van der Waals surface area (Å²) in [5.74, 6) is -1.82. The van der Waals surface area contributed by atoms with E-state index in [-0.39, 0.29) is 6.61 Å². The second kappa shape index (κ2) is 19.7. The molecule has 0 saturated carbocycles. The van der Waals surface area contributed by atoms with Gasteiger partial charge >= 0.3 is 5.97 Å². The van der Waals surface area contributed by atoms with Crippen LogP contribution in [0, 0.1) is 0 Å². The maximum atomic E-state index is 10.9. The van der Waals surface area contributed by atoms with Crippen molar-refractivity contribution in [3.05, 3.63) is 0 Å². The number of carbonyl (C=O) groups is 1. The highest BCUT2D eigenvalue weighted by molar-refractivity contribution is 5.72. The summed E-state index contributed by atoms with van der Waals surface area (Å²) < 4.78 is 53.9. The highest BCUT2D eigenvalue weighted by Crippen LogP contribution is 2.30. The first-order chi connectivity index (χ1) is 26.4. The summed E-state index contributed by atoms with van der Waals surface area (Å²) in [6.07, 6.45) is -39.0. The van der Waals surface area contributed by atoms with Gasteiger partial charge in [0.2, 0.25) is 0 Å². The van der Waals surface area contributed by atoms with E-state index in [0.29, 0.717) is 0 Å². The highest BCUT2D eigenvalue weighted by Gasteiger charge is 2.51. The lowest BCUT2D eigenvalue weighted by molar-refractivity contribution is -0.363. The Morgan fingerprint density at radius 3 is 1.12 bits per heavy atom. The van der Waals surface area contributed by atoms with Gasteiger partial charge in [-0.1, -0.05) is 0 Å². The zero-order chi connectivity index (χ0) is 41.2. The Bertz CT molecular complexity index is 1240. The number of carboxylic acids is 1. The number of ether oxygens (including phenoxy) is 10. The molecule has 0 aliphatic carbocycles. The number of aliphatic carboxylic acids is 1. The molecule has 23 atom stereocenters. The molecule has 0 bridgehead atoms. The van der Waals surface area contributed by atoms with Crippen molar-refractivity contribution in [2.24, 2.45) is 0 Å². The van der Waals surface area contributed by atoms with Gasteiger partial charge in [-0.15, -0.1) is 0 Å². The number of hydrogen-bond acceptors (Lipinski definition) is 25. The summed E-state index contributed by atoms with van der Waals surface area (Å²) in [4.78, 5) is 10.9. The van der Waals surface area contributed by atoms with Gasteiger partial charge in [-0.2, -0.15) is 0 Å². The zero-order valence-electron chi connectivity index (χ0n) is 29.2. The standard InChI is InChI=1S/C30H50O26/c31-1-8(14(34)19(39)25(45)46)52-27-21(41)15(35)10(3-48-27)54-29-23(43)17(37)12(5-50-29)56-30-24(44)18(38)11(6-51-30)55-28-22(42)16(36)9(4-49-28)53-26-20(40)13(33)7(32)2-47-26/h7-24,26-44H,1-6H2,(H,45,46)/t7-,8-,9-,10-,11-,12-,13+,14+,15+,16+,17+,18+,19-,20-,21-,22-,23-,24-,26+,27+,28+,29+,30+/m1/s1. The van der Waals surface area contributed by atoms with E-state index in [2.05, 4.69) is 0 Å². The Hall–Kier alpha value is -1.49. The molecule has 326 valence electrons. The second-order valence-electron chi connectivity index (χ2n) is 13.8. The summed E-state index contributed by atoms with van der Waals surface area (Å²) >= 11 is 0. The Morgan fingerprint density at radius 2 is 0.786 bits per heavy atom. The number of aliphatic hydroxyl groups excluding tert-OH is 14. The van der Waals surface area contributed by atoms with E-state index in [1.807, 2.05) is 0 Å². The van der Waals surface area contributed by atoms with E-state index in [9.17, 15) is 76.3 Å². The first-order valence-electron chi connectivity index (χ1n) is 17.5. The van der Waals surface area contributed by atoms with Crippen LogP contribution in [0.3, 0.4) is 0 Å². The van der Waals surface area contributed by atoms with Crippen molar-refractivity contribution in [3.8, 4) is 0 Å². The number of aliphatic hydroxyl groups is 14. The van der Waals surface area contributed by atoms with Crippen molar-refractivity contribution in [2.45, 2.75) is 141 Å². The van der Waals surface area contributed by atoms with Gasteiger partial charge in [0.1, 0.15) is 104 Å². The predicted octanol–water partition coefficient (Wildman–Crippen LogP) is -10.5. The molecule has 5 aliphatic heterocycles. The van der Waals surface area contributed by atoms with Crippen molar-refractivity contribution >= 4 is 5.97 Å². The molecule has 5 saturated heterocycles. The minimum Gasteiger partial charge on any atom is -0.479 e. The fourth-order valence-electron chi connectivity index (χ4n) is 6.37. The van der Waals surface area contributed by atoms with E-state index in [0.717, 1.165) is 0 Å². The molecule has 0 aromatic rings. The third-order valence-corrected chi connectivity index (χ3v) is 9.87. The summed E-state index contributed by atoms with van der Waals surface area (Å²) in [7, 11) is 0.